The molecule has 0 atom stereocenters. The molecule has 2 rings (SSSR count). The zero-order valence-corrected chi connectivity index (χ0v) is 10.4. The number of imide groups is 1. The number of fused-ring (bicyclic) bond motifs is 1. The summed E-state index contributed by atoms with van der Waals surface area (Å²) in [4.78, 5) is 26.4. The molecular weight excluding hydrogens is 228 g/mol. The lowest BCUT2D eigenvalue weighted by Crippen LogP contribution is -2.38. The standard InChI is InChI=1S/C14H18N2O2/c1-3-15(4-2)9-10-16-13(17)11-7-5-6-8-12(11)14(16)18/h5-8H,3-4,9-10H2,1-2H3/i9D2,10D2. The van der Waals surface area contributed by atoms with E-state index >= 15 is 0 Å². The van der Waals surface area contributed by atoms with E-state index in [0.29, 0.717) is 4.90 Å². The lowest BCUT2D eigenvalue weighted by atomic mass is 10.1. The van der Waals surface area contributed by atoms with Crippen LogP contribution in [0.5, 0.6) is 0 Å². The predicted octanol–water partition coefficient (Wildman–Crippen LogP) is 1.62. The van der Waals surface area contributed by atoms with Crippen molar-refractivity contribution >= 4 is 11.8 Å². The van der Waals surface area contributed by atoms with Crippen molar-refractivity contribution < 1.29 is 15.1 Å². The number of carbonyl (C=O) groups is 2. The molecule has 0 aromatic heterocycles. The summed E-state index contributed by atoms with van der Waals surface area (Å²) in [6.45, 7) is -1.38. The van der Waals surface area contributed by atoms with E-state index in [1.54, 1.807) is 26.0 Å². The van der Waals surface area contributed by atoms with Crippen molar-refractivity contribution in [1.82, 2.24) is 9.80 Å². The highest BCUT2D eigenvalue weighted by Crippen LogP contribution is 2.21. The Kier molecular flexibility index (Phi) is 2.49. The summed E-state index contributed by atoms with van der Waals surface area (Å²) < 4.78 is 32.5. The summed E-state index contributed by atoms with van der Waals surface area (Å²) in [5, 5.41) is 0. The van der Waals surface area contributed by atoms with Crippen LogP contribution < -0.4 is 0 Å². The summed E-state index contributed by atoms with van der Waals surface area (Å²) in [6, 6.07) is 6.06. The van der Waals surface area contributed by atoms with Gasteiger partial charge in [-0.3, -0.25) is 14.5 Å². The third-order valence-corrected chi connectivity index (χ3v) is 2.88. The fourth-order valence-corrected chi connectivity index (χ4v) is 1.79. The van der Waals surface area contributed by atoms with Crippen LogP contribution in [0.1, 0.15) is 40.0 Å². The highest BCUT2D eigenvalue weighted by atomic mass is 16.2. The summed E-state index contributed by atoms with van der Waals surface area (Å²) in [5.74, 6) is -1.61. The van der Waals surface area contributed by atoms with Gasteiger partial charge in [0.15, 0.2) is 0 Å². The average molecular weight is 250 g/mol. The van der Waals surface area contributed by atoms with E-state index in [0.717, 1.165) is 0 Å². The van der Waals surface area contributed by atoms with E-state index in [1.165, 1.54) is 17.0 Å². The van der Waals surface area contributed by atoms with Crippen LogP contribution in [-0.2, 0) is 0 Å². The summed E-state index contributed by atoms with van der Waals surface area (Å²) >= 11 is 0. The first-order valence-electron chi connectivity index (χ1n) is 7.93. The molecule has 96 valence electrons. The number of nitrogens with zero attached hydrogens (tertiary/aromatic N) is 2. The zero-order chi connectivity index (χ0) is 16.7. The summed E-state index contributed by atoms with van der Waals surface area (Å²) in [6.07, 6.45) is 0. The summed E-state index contributed by atoms with van der Waals surface area (Å²) in [7, 11) is 0. The highest BCUT2D eigenvalue weighted by molar-refractivity contribution is 6.21. The molecule has 1 aromatic carbocycles. The van der Waals surface area contributed by atoms with Crippen molar-refractivity contribution in [2.45, 2.75) is 13.8 Å². The molecule has 4 nitrogen and oxygen atoms in total. The van der Waals surface area contributed by atoms with Gasteiger partial charge in [-0.15, -0.1) is 0 Å². The lowest BCUT2D eigenvalue weighted by Gasteiger charge is -2.21. The predicted molar refractivity (Wildman–Crippen MR) is 69.6 cm³/mol. The van der Waals surface area contributed by atoms with Crippen molar-refractivity contribution in [3.63, 3.8) is 0 Å². The van der Waals surface area contributed by atoms with Gasteiger partial charge in [0.1, 0.15) is 0 Å². The minimum atomic E-state index is -2.79. The minimum absolute atomic E-state index is 0.103. The maximum atomic E-state index is 12.4. The molecule has 0 unspecified atom stereocenters. The Balaban J connectivity index is 2.47. The van der Waals surface area contributed by atoms with Crippen molar-refractivity contribution in [2.75, 3.05) is 26.1 Å². The largest absolute Gasteiger partial charge is 0.302 e. The number of likely N-dealkylation sites (N-methyl/N-ethyl adjacent to an activating group) is 1. The number of rotatable bonds is 5. The normalized spacial score (nSPS) is 19.4. The fraction of sp³-hybridized carbons (Fsp3) is 0.429. The van der Waals surface area contributed by atoms with E-state index in [2.05, 4.69) is 0 Å². The first kappa shape index (κ1) is 8.43. The summed E-state index contributed by atoms with van der Waals surface area (Å²) in [5.41, 5.74) is 0.207. The van der Waals surface area contributed by atoms with E-state index in [-0.39, 0.29) is 24.2 Å². The topological polar surface area (TPSA) is 40.6 Å². The number of amides is 2. The van der Waals surface area contributed by atoms with Crippen molar-refractivity contribution in [3.8, 4) is 0 Å². The van der Waals surface area contributed by atoms with E-state index < -0.39 is 24.8 Å². The molecule has 1 aliphatic rings. The van der Waals surface area contributed by atoms with Crippen LogP contribution in [0.25, 0.3) is 0 Å². The molecule has 1 aliphatic heterocycles. The maximum absolute atomic E-state index is 12.4. The first-order chi connectivity index (χ1) is 10.2. The monoisotopic (exact) mass is 250 g/mol. The van der Waals surface area contributed by atoms with Crippen LogP contribution in [0.4, 0.5) is 0 Å². The van der Waals surface area contributed by atoms with Crippen LogP contribution in [0.15, 0.2) is 24.3 Å². The van der Waals surface area contributed by atoms with Gasteiger partial charge in [-0.2, -0.15) is 0 Å². The SMILES string of the molecule is [2H]C([2H])(N(CC)CC)C([2H])([2H])N1C(=O)c2ccccc2C1=O. The Morgan fingerprint density at radius 3 is 2.06 bits per heavy atom. The molecule has 2 amide bonds. The van der Waals surface area contributed by atoms with Crippen molar-refractivity contribution in [3.05, 3.63) is 35.4 Å². The average Bonchev–Trinajstić information content (AvgIpc) is 2.72. The minimum Gasteiger partial charge on any atom is -0.302 e. The Morgan fingerprint density at radius 2 is 1.61 bits per heavy atom. The molecule has 0 saturated carbocycles. The maximum Gasteiger partial charge on any atom is 0.261 e. The second-order valence-electron chi connectivity index (χ2n) is 3.89. The number of hydrogen-bond donors (Lipinski definition) is 0. The Bertz CT molecular complexity index is 580. The van der Waals surface area contributed by atoms with Gasteiger partial charge in [-0.1, -0.05) is 26.0 Å². The molecule has 4 heteroatoms. The van der Waals surface area contributed by atoms with Crippen LogP contribution >= 0.6 is 0 Å². The van der Waals surface area contributed by atoms with Crippen LogP contribution in [0.3, 0.4) is 0 Å². The number of hydrogen-bond acceptors (Lipinski definition) is 3. The Hall–Kier alpha value is -1.68. The molecule has 1 aromatic rings. The smallest absolute Gasteiger partial charge is 0.261 e. The van der Waals surface area contributed by atoms with Gasteiger partial charge in [0.05, 0.1) is 13.9 Å². The van der Waals surface area contributed by atoms with Crippen molar-refractivity contribution in [2.24, 2.45) is 0 Å². The Morgan fingerprint density at radius 1 is 1.11 bits per heavy atom. The molecule has 0 saturated heterocycles. The highest BCUT2D eigenvalue weighted by Gasteiger charge is 2.34. The van der Waals surface area contributed by atoms with Gasteiger partial charge in [0, 0.05) is 15.7 Å². The van der Waals surface area contributed by atoms with Gasteiger partial charge in [0.2, 0.25) is 0 Å². The van der Waals surface area contributed by atoms with E-state index in [9.17, 15) is 9.59 Å². The fourth-order valence-electron chi connectivity index (χ4n) is 1.79. The second-order valence-corrected chi connectivity index (χ2v) is 3.89. The molecule has 0 radical (unpaired) electrons. The molecular formula is C14H18N2O2. The second kappa shape index (κ2) is 5.31. The third-order valence-electron chi connectivity index (χ3n) is 2.88. The molecule has 0 spiro atoms. The van der Waals surface area contributed by atoms with Crippen LogP contribution in [0, 0.1) is 0 Å². The molecule has 0 aliphatic carbocycles. The zero-order valence-electron chi connectivity index (χ0n) is 14.4. The molecule has 0 fully saturated rings. The van der Waals surface area contributed by atoms with Crippen LogP contribution in [0.2, 0.25) is 0 Å². The lowest BCUT2D eigenvalue weighted by molar-refractivity contribution is 0.0638. The molecule has 0 bridgehead atoms. The molecule has 18 heavy (non-hydrogen) atoms. The third kappa shape index (κ3) is 2.16. The van der Waals surface area contributed by atoms with Crippen LogP contribution in [-0.4, -0.2) is 47.7 Å². The molecule has 1 heterocycles. The number of benzene rings is 1. The Labute approximate surface area is 113 Å². The van der Waals surface area contributed by atoms with Crippen molar-refractivity contribution in [1.29, 1.82) is 0 Å². The van der Waals surface area contributed by atoms with Gasteiger partial charge < -0.3 is 4.90 Å². The van der Waals surface area contributed by atoms with Gasteiger partial charge in [0.25, 0.3) is 11.8 Å². The van der Waals surface area contributed by atoms with Gasteiger partial charge in [-0.25, -0.2) is 0 Å². The first-order valence-corrected chi connectivity index (χ1v) is 5.93. The van der Waals surface area contributed by atoms with E-state index in [1.807, 2.05) is 0 Å². The van der Waals surface area contributed by atoms with Gasteiger partial charge >= 0.3 is 0 Å². The quantitative estimate of drug-likeness (QED) is 0.746. The molecule has 0 N–H and O–H groups in total. The number of carbonyl (C=O) groups excluding carboxylic acids is 2. The van der Waals surface area contributed by atoms with E-state index in [4.69, 9.17) is 5.48 Å². The van der Waals surface area contributed by atoms with Gasteiger partial charge in [-0.05, 0) is 25.2 Å².